The number of rotatable bonds is 5. The molecule has 26 heavy (non-hydrogen) atoms. The fourth-order valence-electron chi connectivity index (χ4n) is 4.45. The van der Waals surface area contributed by atoms with Crippen molar-refractivity contribution in [2.75, 3.05) is 11.9 Å². The lowest BCUT2D eigenvalue weighted by molar-refractivity contribution is -0.384. The van der Waals surface area contributed by atoms with Gasteiger partial charge in [0.25, 0.3) is 11.6 Å². The highest BCUT2D eigenvalue weighted by Crippen LogP contribution is 2.57. The lowest BCUT2D eigenvalue weighted by atomic mass is 9.80. The van der Waals surface area contributed by atoms with Gasteiger partial charge in [0.05, 0.1) is 16.8 Å². The van der Waals surface area contributed by atoms with Gasteiger partial charge >= 0.3 is 11.9 Å². The molecule has 0 radical (unpaired) electrons. The molecule has 1 N–H and O–H groups in total. The van der Waals surface area contributed by atoms with E-state index in [0.29, 0.717) is 6.42 Å². The van der Waals surface area contributed by atoms with E-state index >= 15 is 0 Å². The van der Waals surface area contributed by atoms with Crippen LogP contribution >= 0.6 is 0 Å². The van der Waals surface area contributed by atoms with E-state index in [1.807, 2.05) is 0 Å². The van der Waals surface area contributed by atoms with E-state index in [9.17, 15) is 24.5 Å². The molecule has 0 spiro atoms. The third-order valence-electron chi connectivity index (χ3n) is 5.44. The molecule has 5 atom stereocenters. The summed E-state index contributed by atoms with van der Waals surface area (Å²) in [7, 11) is 0. The highest BCUT2D eigenvalue weighted by Gasteiger charge is 2.64. The topological polar surface area (TPSA) is 125 Å². The number of ether oxygens (including phenoxy) is 2. The van der Waals surface area contributed by atoms with Crippen LogP contribution in [0.15, 0.2) is 24.3 Å². The van der Waals surface area contributed by atoms with E-state index in [1.54, 1.807) is 0 Å². The maximum Gasteiger partial charge on any atom is 0.310 e. The zero-order chi connectivity index (χ0) is 18.4. The standard InChI is InChI=1S/C17H16N2O7/c20-13(18-9-2-1-3-10(6-9)19(23)24)7-25-16(21)14-8-4-11-12(5-8)26-17(22)15(11)14/h1-3,6,8,11-12,14-15H,4-5,7H2,(H,18,20)/t8-,11+,12+,14-,15+/m1/s1. The summed E-state index contributed by atoms with van der Waals surface area (Å²) in [5.41, 5.74) is 0.0819. The molecule has 0 unspecified atom stereocenters. The van der Waals surface area contributed by atoms with Crippen LogP contribution in [0.4, 0.5) is 11.4 Å². The number of nitrogens with one attached hydrogen (secondary N) is 1. The van der Waals surface area contributed by atoms with E-state index in [-0.39, 0.29) is 35.3 Å². The smallest absolute Gasteiger partial charge is 0.310 e. The predicted molar refractivity (Wildman–Crippen MR) is 85.8 cm³/mol. The van der Waals surface area contributed by atoms with Crippen LogP contribution in [0.3, 0.4) is 0 Å². The number of nitro groups is 1. The molecular weight excluding hydrogens is 344 g/mol. The molecule has 1 heterocycles. The van der Waals surface area contributed by atoms with Crippen molar-refractivity contribution in [3.63, 3.8) is 0 Å². The van der Waals surface area contributed by atoms with Crippen LogP contribution in [0.1, 0.15) is 12.8 Å². The zero-order valence-electron chi connectivity index (χ0n) is 13.6. The van der Waals surface area contributed by atoms with E-state index in [1.165, 1.54) is 24.3 Å². The first-order valence-electron chi connectivity index (χ1n) is 8.35. The number of nitro benzene ring substituents is 1. The molecule has 1 amide bonds. The first-order chi connectivity index (χ1) is 12.4. The van der Waals surface area contributed by atoms with Crippen molar-refractivity contribution in [2.24, 2.45) is 23.7 Å². The fourth-order valence-corrected chi connectivity index (χ4v) is 4.45. The molecule has 1 saturated heterocycles. The summed E-state index contributed by atoms with van der Waals surface area (Å²) in [6.07, 6.45) is 1.38. The summed E-state index contributed by atoms with van der Waals surface area (Å²) in [5.74, 6) is -2.36. The van der Waals surface area contributed by atoms with E-state index < -0.39 is 35.2 Å². The molecule has 3 aliphatic rings. The minimum Gasteiger partial charge on any atom is -0.462 e. The Hall–Kier alpha value is -2.97. The van der Waals surface area contributed by atoms with E-state index in [4.69, 9.17) is 9.47 Å². The molecule has 136 valence electrons. The SMILES string of the molecule is O=C(COC(=O)[C@@H]1[C@@H]2C[C@@H]3[C@@H]1C(=O)O[C@H]3C2)Nc1cccc([N+](=O)[O-])c1. The molecule has 2 bridgehead atoms. The lowest BCUT2D eigenvalue weighted by Gasteiger charge is -2.22. The summed E-state index contributed by atoms with van der Waals surface area (Å²) in [6.45, 7) is -0.513. The average Bonchev–Trinajstić information content (AvgIpc) is 3.22. The number of fused-ring (bicyclic) bond motifs is 1. The van der Waals surface area contributed by atoms with Gasteiger partial charge in [-0.3, -0.25) is 24.5 Å². The quantitative estimate of drug-likeness (QED) is 0.476. The van der Waals surface area contributed by atoms with Gasteiger partial charge < -0.3 is 14.8 Å². The van der Waals surface area contributed by atoms with Gasteiger partial charge in [-0.15, -0.1) is 0 Å². The van der Waals surface area contributed by atoms with Gasteiger partial charge in [0.15, 0.2) is 6.61 Å². The number of amides is 1. The van der Waals surface area contributed by atoms with Crippen LogP contribution in [0.5, 0.6) is 0 Å². The Morgan fingerprint density at radius 3 is 2.92 bits per heavy atom. The number of anilines is 1. The van der Waals surface area contributed by atoms with Gasteiger partial charge in [-0.1, -0.05) is 6.07 Å². The summed E-state index contributed by atoms with van der Waals surface area (Å²) in [6, 6.07) is 5.46. The first-order valence-corrected chi connectivity index (χ1v) is 8.35. The number of esters is 2. The molecule has 9 heteroatoms. The van der Waals surface area contributed by atoms with Crippen molar-refractivity contribution in [1.82, 2.24) is 0 Å². The monoisotopic (exact) mass is 360 g/mol. The van der Waals surface area contributed by atoms with Crippen LogP contribution in [-0.2, 0) is 23.9 Å². The summed E-state index contributed by atoms with van der Waals surface area (Å²) in [4.78, 5) is 46.4. The van der Waals surface area contributed by atoms with Crippen molar-refractivity contribution in [1.29, 1.82) is 0 Å². The average molecular weight is 360 g/mol. The highest BCUT2D eigenvalue weighted by atomic mass is 16.6. The molecule has 1 aliphatic heterocycles. The largest absolute Gasteiger partial charge is 0.462 e. The number of nitrogens with zero attached hydrogens (tertiary/aromatic N) is 1. The van der Waals surface area contributed by atoms with Crippen molar-refractivity contribution in [2.45, 2.75) is 18.9 Å². The van der Waals surface area contributed by atoms with Crippen LogP contribution in [0.25, 0.3) is 0 Å². The minimum absolute atomic E-state index is 0.0637. The van der Waals surface area contributed by atoms with E-state index in [0.717, 1.165) is 6.42 Å². The molecule has 9 nitrogen and oxygen atoms in total. The maximum absolute atomic E-state index is 12.4. The fraction of sp³-hybridized carbons (Fsp3) is 0.471. The molecule has 1 aromatic carbocycles. The Labute approximate surface area is 147 Å². The highest BCUT2D eigenvalue weighted by molar-refractivity contribution is 5.93. The predicted octanol–water partition coefficient (Wildman–Crippen LogP) is 1.27. The summed E-state index contributed by atoms with van der Waals surface area (Å²) < 4.78 is 10.4. The Balaban J connectivity index is 1.34. The van der Waals surface area contributed by atoms with Crippen LogP contribution < -0.4 is 5.32 Å². The lowest BCUT2D eigenvalue weighted by Crippen LogP contribution is -2.34. The van der Waals surface area contributed by atoms with Gasteiger partial charge in [0.1, 0.15) is 6.10 Å². The number of carbonyl (C=O) groups is 3. The summed E-state index contributed by atoms with van der Waals surface area (Å²) in [5, 5.41) is 13.2. The maximum atomic E-state index is 12.4. The van der Waals surface area contributed by atoms with Gasteiger partial charge in [-0.25, -0.2) is 0 Å². The molecule has 2 aliphatic carbocycles. The van der Waals surface area contributed by atoms with Crippen molar-refractivity contribution in [3.05, 3.63) is 34.4 Å². The van der Waals surface area contributed by atoms with E-state index in [2.05, 4.69) is 5.32 Å². The molecule has 3 fully saturated rings. The van der Waals surface area contributed by atoms with Crippen LogP contribution in [0.2, 0.25) is 0 Å². The first kappa shape index (κ1) is 16.5. The molecular formula is C17H16N2O7. The van der Waals surface area contributed by atoms with Gasteiger partial charge in [0, 0.05) is 23.7 Å². The second kappa shape index (κ2) is 6.08. The summed E-state index contributed by atoms with van der Waals surface area (Å²) >= 11 is 0. The van der Waals surface area contributed by atoms with Gasteiger partial charge in [-0.2, -0.15) is 0 Å². The van der Waals surface area contributed by atoms with Crippen molar-refractivity contribution >= 4 is 29.2 Å². The molecule has 4 rings (SSSR count). The zero-order valence-corrected chi connectivity index (χ0v) is 13.6. The Morgan fingerprint density at radius 1 is 1.35 bits per heavy atom. The second-order valence-electron chi connectivity index (χ2n) is 6.89. The Bertz CT molecular complexity index is 806. The second-order valence-corrected chi connectivity index (χ2v) is 6.89. The van der Waals surface area contributed by atoms with Gasteiger partial charge in [0.2, 0.25) is 0 Å². The van der Waals surface area contributed by atoms with Crippen LogP contribution in [-0.4, -0.2) is 35.5 Å². The Morgan fingerprint density at radius 2 is 2.15 bits per heavy atom. The van der Waals surface area contributed by atoms with Crippen molar-refractivity contribution in [3.8, 4) is 0 Å². The van der Waals surface area contributed by atoms with Gasteiger partial charge in [-0.05, 0) is 24.8 Å². The molecule has 1 aromatic rings. The number of benzene rings is 1. The number of hydrogen-bond acceptors (Lipinski definition) is 7. The molecule has 0 aromatic heterocycles. The molecule has 2 saturated carbocycles. The number of non-ortho nitro benzene ring substituents is 1. The normalized spacial score (nSPS) is 30.8. The Kier molecular flexibility index (Phi) is 3.86. The third-order valence-corrected chi connectivity index (χ3v) is 5.44. The third kappa shape index (κ3) is 2.69. The minimum atomic E-state index is -0.603. The van der Waals surface area contributed by atoms with Crippen molar-refractivity contribution < 1.29 is 28.8 Å². The number of hydrogen-bond donors (Lipinski definition) is 1. The number of carbonyl (C=O) groups excluding carboxylic acids is 3. The van der Waals surface area contributed by atoms with Crippen LogP contribution in [0, 0.1) is 33.8 Å².